The molecule has 0 aliphatic heterocycles. The Hall–Kier alpha value is -2.37. The number of amides is 2. The minimum atomic E-state index is -0.624. The second-order valence-corrected chi connectivity index (χ2v) is 8.59. The van der Waals surface area contributed by atoms with E-state index < -0.39 is 10.8 Å². The van der Waals surface area contributed by atoms with Crippen LogP contribution in [0.4, 0.5) is 4.39 Å². The Bertz CT molecular complexity index is 887. The highest BCUT2D eigenvalue weighted by Crippen LogP contribution is 2.56. The van der Waals surface area contributed by atoms with E-state index in [0.717, 1.165) is 16.6 Å². The summed E-state index contributed by atoms with van der Waals surface area (Å²) >= 11 is 0. The van der Waals surface area contributed by atoms with Gasteiger partial charge in [-0.2, -0.15) is 0 Å². The highest BCUT2D eigenvalue weighted by molar-refractivity contribution is 5.87. The molecule has 2 N–H and O–H groups in total. The fourth-order valence-electron chi connectivity index (χ4n) is 4.28. The molecule has 0 radical (unpaired) electrons. The van der Waals surface area contributed by atoms with Gasteiger partial charge in [-0.25, -0.2) is 4.39 Å². The summed E-state index contributed by atoms with van der Waals surface area (Å²) in [5, 5.41) is 3.79. The highest BCUT2D eigenvalue weighted by Gasteiger charge is 2.58. The van der Waals surface area contributed by atoms with E-state index in [9.17, 15) is 14.0 Å². The minimum Gasteiger partial charge on any atom is -0.357 e. The zero-order chi connectivity index (χ0) is 20.0. The lowest BCUT2D eigenvalue weighted by Gasteiger charge is -2.40. The molecule has 6 heteroatoms. The van der Waals surface area contributed by atoms with Gasteiger partial charge in [-0.05, 0) is 42.5 Å². The van der Waals surface area contributed by atoms with Gasteiger partial charge in [0.05, 0.1) is 12.0 Å². The van der Waals surface area contributed by atoms with Crippen molar-refractivity contribution >= 4 is 22.7 Å². The quantitative estimate of drug-likeness (QED) is 0.862. The van der Waals surface area contributed by atoms with Gasteiger partial charge < -0.3 is 15.2 Å². The van der Waals surface area contributed by atoms with E-state index in [1.165, 1.54) is 12.1 Å². The molecule has 27 heavy (non-hydrogen) atoms. The molecule has 0 unspecified atom stereocenters. The van der Waals surface area contributed by atoms with Crippen LogP contribution in [0.3, 0.4) is 0 Å². The fraction of sp³-hybridized carbons (Fsp3) is 0.524. The number of carbonyl (C=O) groups excluding carboxylic acids is 2. The molecule has 0 spiro atoms. The van der Waals surface area contributed by atoms with Crippen molar-refractivity contribution < 1.29 is 14.0 Å². The van der Waals surface area contributed by atoms with Gasteiger partial charge in [0.25, 0.3) is 0 Å². The normalized spacial score (nSPS) is 24.1. The average molecular weight is 373 g/mol. The summed E-state index contributed by atoms with van der Waals surface area (Å²) < 4.78 is 13.3. The van der Waals surface area contributed by atoms with Crippen molar-refractivity contribution in [2.24, 2.45) is 16.7 Å². The Morgan fingerprint density at radius 1 is 1.26 bits per heavy atom. The van der Waals surface area contributed by atoms with Crippen LogP contribution in [0.1, 0.15) is 39.3 Å². The predicted molar refractivity (Wildman–Crippen MR) is 103 cm³/mol. The predicted octanol–water partition coefficient (Wildman–Crippen LogP) is 3.45. The Balaban J connectivity index is 1.73. The number of carbonyl (C=O) groups is 2. The third-order valence-corrected chi connectivity index (χ3v) is 6.54. The third-order valence-electron chi connectivity index (χ3n) is 6.54. The van der Waals surface area contributed by atoms with Crippen LogP contribution in [-0.2, 0) is 16.1 Å². The number of halogens is 1. The second kappa shape index (κ2) is 6.66. The first-order valence-corrected chi connectivity index (χ1v) is 9.33. The summed E-state index contributed by atoms with van der Waals surface area (Å²) in [7, 11) is 3.51. The standard InChI is InChI=1S/C21H28FN3O2/c1-20(2)16(18(26)25(4)5)8-9-21(20,3)19(27)23-12-15-11-13-10-14(22)6-7-17(13)24-15/h6-7,10-11,16,24H,8-9,12H2,1-5H3,(H,23,27)/t16-,21+/m0/s1. The van der Waals surface area contributed by atoms with Crippen LogP contribution in [0.2, 0.25) is 0 Å². The molecule has 2 aromatic rings. The van der Waals surface area contributed by atoms with Gasteiger partial charge in [0.15, 0.2) is 0 Å². The van der Waals surface area contributed by atoms with Crippen LogP contribution in [0, 0.1) is 22.6 Å². The van der Waals surface area contributed by atoms with Gasteiger partial charge in [-0.3, -0.25) is 9.59 Å². The lowest BCUT2D eigenvalue weighted by Crippen LogP contribution is -2.49. The van der Waals surface area contributed by atoms with Gasteiger partial charge in [-0.15, -0.1) is 0 Å². The summed E-state index contributed by atoms with van der Waals surface area (Å²) in [5.41, 5.74) is 0.595. The van der Waals surface area contributed by atoms with Crippen LogP contribution in [0.15, 0.2) is 24.3 Å². The van der Waals surface area contributed by atoms with Crippen LogP contribution >= 0.6 is 0 Å². The van der Waals surface area contributed by atoms with Gasteiger partial charge in [0.1, 0.15) is 5.82 Å². The Kier molecular flexibility index (Phi) is 4.78. The average Bonchev–Trinajstić information content (AvgIpc) is 3.10. The first kappa shape index (κ1) is 19.4. The topological polar surface area (TPSA) is 65.2 Å². The van der Waals surface area contributed by atoms with Gasteiger partial charge in [0.2, 0.25) is 11.8 Å². The number of hydrogen-bond acceptors (Lipinski definition) is 2. The summed E-state index contributed by atoms with van der Waals surface area (Å²) in [4.78, 5) is 30.4. The number of nitrogens with zero attached hydrogens (tertiary/aromatic N) is 1. The summed E-state index contributed by atoms with van der Waals surface area (Å²) in [6.07, 6.45) is 1.38. The molecule has 1 aliphatic carbocycles. The minimum absolute atomic E-state index is 0.0496. The van der Waals surface area contributed by atoms with Crippen molar-refractivity contribution in [1.29, 1.82) is 0 Å². The van der Waals surface area contributed by atoms with Gasteiger partial charge in [-0.1, -0.05) is 20.8 Å². The number of fused-ring (bicyclic) bond motifs is 1. The van der Waals surface area contributed by atoms with Crippen molar-refractivity contribution in [3.05, 3.63) is 35.8 Å². The SMILES string of the molecule is CN(C)C(=O)[C@@H]1CC[C@](C)(C(=O)NCc2cc3cc(F)ccc3[nH]2)C1(C)C. The molecule has 1 aromatic carbocycles. The zero-order valence-corrected chi connectivity index (χ0v) is 16.6. The van der Waals surface area contributed by atoms with Crippen molar-refractivity contribution in [3.8, 4) is 0 Å². The Morgan fingerprint density at radius 2 is 1.96 bits per heavy atom. The molecule has 1 aliphatic rings. The van der Waals surface area contributed by atoms with Crippen LogP contribution in [0.5, 0.6) is 0 Å². The molecular formula is C21H28FN3O2. The third kappa shape index (κ3) is 3.22. The number of H-pyrrole nitrogens is 1. The number of nitrogens with one attached hydrogen (secondary N) is 2. The van der Waals surface area contributed by atoms with Gasteiger partial charge >= 0.3 is 0 Å². The van der Waals surface area contributed by atoms with Crippen LogP contribution in [0.25, 0.3) is 10.9 Å². The summed E-state index contributed by atoms with van der Waals surface area (Å²) in [5.74, 6) is -0.422. The summed E-state index contributed by atoms with van der Waals surface area (Å²) in [6, 6.07) is 6.41. The number of aromatic amines is 1. The molecule has 1 saturated carbocycles. The largest absolute Gasteiger partial charge is 0.357 e. The molecule has 3 rings (SSSR count). The van der Waals surface area contributed by atoms with Crippen molar-refractivity contribution in [2.75, 3.05) is 14.1 Å². The van der Waals surface area contributed by atoms with E-state index in [2.05, 4.69) is 10.3 Å². The van der Waals surface area contributed by atoms with E-state index in [1.807, 2.05) is 26.8 Å². The molecule has 5 nitrogen and oxygen atoms in total. The van der Waals surface area contributed by atoms with E-state index in [4.69, 9.17) is 0 Å². The van der Waals surface area contributed by atoms with E-state index in [1.54, 1.807) is 25.1 Å². The molecule has 2 amide bonds. The monoisotopic (exact) mass is 373 g/mol. The zero-order valence-electron chi connectivity index (χ0n) is 16.6. The van der Waals surface area contributed by atoms with Crippen LogP contribution in [-0.4, -0.2) is 35.8 Å². The lowest BCUT2D eigenvalue weighted by molar-refractivity contribution is -0.142. The highest BCUT2D eigenvalue weighted by atomic mass is 19.1. The maximum Gasteiger partial charge on any atom is 0.226 e. The van der Waals surface area contributed by atoms with E-state index in [-0.39, 0.29) is 23.5 Å². The first-order chi connectivity index (χ1) is 12.6. The molecule has 1 heterocycles. The van der Waals surface area contributed by atoms with Gasteiger partial charge in [0, 0.05) is 36.6 Å². The number of aromatic nitrogens is 1. The molecule has 2 atom stereocenters. The number of rotatable bonds is 4. The van der Waals surface area contributed by atoms with Crippen molar-refractivity contribution in [3.63, 3.8) is 0 Å². The number of hydrogen-bond donors (Lipinski definition) is 2. The molecule has 1 fully saturated rings. The van der Waals surface area contributed by atoms with Crippen LogP contribution < -0.4 is 5.32 Å². The molecule has 1 aromatic heterocycles. The smallest absolute Gasteiger partial charge is 0.226 e. The Labute approximate surface area is 159 Å². The molecule has 0 bridgehead atoms. The number of benzene rings is 1. The molecule has 146 valence electrons. The maximum absolute atomic E-state index is 13.3. The maximum atomic E-state index is 13.3. The molecular weight excluding hydrogens is 345 g/mol. The first-order valence-electron chi connectivity index (χ1n) is 9.33. The fourth-order valence-corrected chi connectivity index (χ4v) is 4.28. The van der Waals surface area contributed by atoms with E-state index >= 15 is 0 Å². The molecule has 0 saturated heterocycles. The van der Waals surface area contributed by atoms with E-state index in [0.29, 0.717) is 19.4 Å². The second-order valence-electron chi connectivity index (χ2n) is 8.59. The van der Waals surface area contributed by atoms with Crippen molar-refractivity contribution in [2.45, 2.75) is 40.2 Å². The lowest BCUT2D eigenvalue weighted by atomic mass is 9.65. The summed E-state index contributed by atoms with van der Waals surface area (Å²) in [6.45, 7) is 6.31. The van der Waals surface area contributed by atoms with Crippen molar-refractivity contribution in [1.82, 2.24) is 15.2 Å². The Morgan fingerprint density at radius 3 is 2.63 bits per heavy atom.